The first-order chi connectivity index (χ1) is 14.2. The highest BCUT2D eigenvalue weighted by atomic mass is 15.3. The molecule has 5 heterocycles. The summed E-state index contributed by atoms with van der Waals surface area (Å²) >= 11 is 0. The van der Waals surface area contributed by atoms with Crippen molar-refractivity contribution < 1.29 is 0 Å². The van der Waals surface area contributed by atoms with E-state index in [9.17, 15) is 0 Å². The molecule has 0 radical (unpaired) electrons. The van der Waals surface area contributed by atoms with Crippen LogP contribution in [0, 0.1) is 6.92 Å². The van der Waals surface area contributed by atoms with Gasteiger partial charge in [0.1, 0.15) is 0 Å². The molecule has 0 aliphatic carbocycles. The van der Waals surface area contributed by atoms with Crippen LogP contribution in [0.3, 0.4) is 0 Å². The minimum absolute atomic E-state index is 0.359. The summed E-state index contributed by atoms with van der Waals surface area (Å²) in [6.07, 6.45) is 7.97. The van der Waals surface area contributed by atoms with Crippen LogP contribution in [0.25, 0.3) is 16.8 Å². The van der Waals surface area contributed by atoms with E-state index in [-0.39, 0.29) is 0 Å². The van der Waals surface area contributed by atoms with Gasteiger partial charge in [-0.15, -0.1) is 0 Å². The summed E-state index contributed by atoms with van der Waals surface area (Å²) in [5, 5.41) is 4.83. The number of nitrogens with zero attached hydrogens (tertiary/aromatic N) is 6. The van der Waals surface area contributed by atoms with Gasteiger partial charge in [-0.05, 0) is 68.3 Å². The molecule has 0 saturated carbocycles. The molecular weight excluding hydrogens is 360 g/mol. The third-order valence-electron chi connectivity index (χ3n) is 5.56. The quantitative estimate of drug-likeness (QED) is 0.534. The second kappa shape index (κ2) is 7.72. The van der Waals surface area contributed by atoms with E-state index in [1.165, 1.54) is 0 Å². The Morgan fingerprint density at radius 1 is 1.00 bits per heavy atom. The summed E-state index contributed by atoms with van der Waals surface area (Å²) in [6.45, 7) is 5.01. The molecule has 0 amide bonds. The van der Waals surface area contributed by atoms with E-state index in [0.717, 1.165) is 66.5 Å². The van der Waals surface area contributed by atoms with Crippen molar-refractivity contribution in [2.24, 2.45) is 0 Å². The molecule has 29 heavy (non-hydrogen) atoms. The Labute approximate surface area is 170 Å². The van der Waals surface area contributed by atoms with Gasteiger partial charge in [0.05, 0.1) is 5.69 Å². The molecule has 5 rings (SSSR count). The lowest BCUT2D eigenvalue weighted by molar-refractivity contribution is 0.194. The number of rotatable bonds is 4. The number of piperidine rings is 1. The normalized spacial score (nSPS) is 17.6. The first kappa shape index (κ1) is 17.9. The van der Waals surface area contributed by atoms with Crippen molar-refractivity contribution in [2.45, 2.75) is 32.2 Å². The van der Waals surface area contributed by atoms with Gasteiger partial charge < -0.3 is 0 Å². The van der Waals surface area contributed by atoms with E-state index in [1.807, 2.05) is 48.1 Å². The highest BCUT2D eigenvalue weighted by Gasteiger charge is 2.25. The Morgan fingerprint density at radius 2 is 1.90 bits per heavy atom. The van der Waals surface area contributed by atoms with Crippen LogP contribution in [-0.4, -0.2) is 42.6 Å². The first-order valence-corrected chi connectivity index (χ1v) is 10.2. The predicted molar refractivity (Wildman–Crippen MR) is 112 cm³/mol. The SMILES string of the molecule is Cc1cccc(CN2CCC[C@H](c3nc4ccc(-c5ccncc5)cn4n3)C2)n1. The largest absolute Gasteiger partial charge is 0.297 e. The maximum Gasteiger partial charge on any atom is 0.156 e. The Balaban J connectivity index is 1.35. The highest BCUT2D eigenvalue weighted by Crippen LogP contribution is 2.27. The zero-order valence-corrected chi connectivity index (χ0v) is 16.6. The van der Waals surface area contributed by atoms with Crippen LogP contribution in [0.5, 0.6) is 0 Å². The van der Waals surface area contributed by atoms with Crippen molar-refractivity contribution in [1.29, 1.82) is 0 Å². The van der Waals surface area contributed by atoms with Gasteiger partial charge in [0, 0.05) is 48.9 Å². The lowest BCUT2D eigenvalue weighted by Gasteiger charge is -2.31. The molecular formula is C23H24N6. The third-order valence-corrected chi connectivity index (χ3v) is 5.56. The lowest BCUT2D eigenvalue weighted by Crippen LogP contribution is -2.34. The third kappa shape index (κ3) is 3.89. The molecule has 1 aliphatic rings. The van der Waals surface area contributed by atoms with Crippen LogP contribution < -0.4 is 0 Å². The number of pyridine rings is 3. The number of hydrogen-bond donors (Lipinski definition) is 0. The maximum atomic E-state index is 4.83. The fourth-order valence-corrected chi connectivity index (χ4v) is 4.11. The highest BCUT2D eigenvalue weighted by molar-refractivity contribution is 5.63. The summed E-state index contributed by atoms with van der Waals surface area (Å²) in [4.78, 5) is 16.1. The van der Waals surface area contributed by atoms with E-state index in [4.69, 9.17) is 10.1 Å². The number of aromatic nitrogens is 5. The van der Waals surface area contributed by atoms with Crippen molar-refractivity contribution in [2.75, 3.05) is 13.1 Å². The number of aryl methyl sites for hydroxylation is 1. The maximum absolute atomic E-state index is 4.83. The van der Waals surface area contributed by atoms with Crippen molar-refractivity contribution in [3.05, 3.63) is 78.3 Å². The zero-order valence-electron chi connectivity index (χ0n) is 16.6. The smallest absolute Gasteiger partial charge is 0.156 e. The van der Waals surface area contributed by atoms with Crippen molar-refractivity contribution in [3.8, 4) is 11.1 Å². The van der Waals surface area contributed by atoms with Gasteiger partial charge >= 0.3 is 0 Å². The fourth-order valence-electron chi connectivity index (χ4n) is 4.11. The van der Waals surface area contributed by atoms with Gasteiger partial charge in [0.15, 0.2) is 11.5 Å². The Kier molecular flexibility index (Phi) is 4.77. The van der Waals surface area contributed by atoms with E-state index in [0.29, 0.717) is 5.92 Å². The van der Waals surface area contributed by atoms with E-state index in [2.05, 4.69) is 39.3 Å². The zero-order chi connectivity index (χ0) is 19.6. The summed E-state index contributed by atoms with van der Waals surface area (Å²) in [5.74, 6) is 1.30. The van der Waals surface area contributed by atoms with Gasteiger partial charge in [-0.2, -0.15) is 5.10 Å². The fraction of sp³-hybridized carbons (Fsp3) is 0.304. The van der Waals surface area contributed by atoms with E-state index in [1.54, 1.807) is 0 Å². The molecule has 0 spiro atoms. The number of hydrogen-bond acceptors (Lipinski definition) is 5. The van der Waals surface area contributed by atoms with Crippen LogP contribution in [-0.2, 0) is 6.54 Å². The first-order valence-electron chi connectivity index (χ1n) is 10.2. The molecule has 0 unspecified atom stereocenters. The average Bonchev–Trinajstić information content (AvgIpc) is 3.18. The molecule has 4 aromatic rings. The summed E-state index contributed by atoms with van der Waals surface area (Å²) in [5.41, 5.74) is 5.36. The molecule has 4 aromatic heterocycles. The molecule has 6 nitrogen and oxygen atoms in total. The monoisotopic (exact) mass is 384 g/mol. The second-order valence-corrected chi connectivity index (χ2v) is 7.77. The molecule has 1 fully saturated rings. The minimum Gasteiger partial charge on any atom is -0.297 e. The van der Waals surface area contributed by atoms with Crippen LogP contribution in [0.2, 0.25) is 0 Å². The lowest BCUT2D eigenvalue weighted by atomic mass is 9.97. The number of likely N-dealkylation sites (tertiary alicyclic amines) is 1. The second-order valence-electron chi connectivity index (χ2n) is 7.77. The molecule has 6 heteroatoms. The topological polar surface area (TPSA) is 59.2 Å². The van der Waals surface area contributed by atoms with Crippen LogP contribution in [0.15, 0.2) is 61.1 Å². The van der Waals surface area contributed by atoms with Gasteiger partial charge in [-0.25, -0.2) is 9.50 Å². The molecule has 1 saturated heterocycles. The van der Waals surface area contributed by atoms with Gasteiger partial charge in [-0.3, -0.25) is 14.9 Å². The molecule has 146 valence electrons. The number of fused-ring (bicyclic) bond motifs is 1. The van der Waals surface area contributed by atoms with Crippen LogP contribution in [0.1, 0.15) is 36.0 Å². The van der Waals surface area contributed by atoms with Gasteiger partial charge in [0.2, 0.25) is 0 Å². The van der Waals surface area contributed by atoms with Crippen molar-refractivity contribution in [3.63, 3.8) is 0 Å². The molecule has 0 bridgehead atoms. The predicted octanol–water partition coefficient (Wildman–Crippen LogP) is 3.87. The molecule has 1 atom stereocenters. The standard InChI is InChI=1S/C23H24N6/c1-17-4-2-6-21(25-17)16-28-13-3-5-20(14-28)23-26-22-8-7-19(15-29(22)27-23)18-9-11-24-12-10-18/h2,4,6-12,15,20H,3,5,13-14,16H2,1H3/t20-/m0/s1. The molecule has 0 N–H and O–H groups in total. The van der Waals surface area contributed by atoms with Crippen molar-refractivity contribution in [1.82, 2.24) is 29.5 Å². The van der Waals surface area contributed by atoms with Crippen LogP contribution in [0.4, 0.5) is 0 Å². The molecule has 1 aliphatic heterocycles. The Hall–Kier alpha value is -3.12. The van der Waals surface area contributed by atoms with E-state index >= 15 is 0 Å². The Bertz CT molecular complexity index is 1120. The van der Waals surface area contributed by atoms with Crippen molar-refractivity contribution >= 4 is 5.65 Å². The Morgan fingerprint density at radius 3 is 2.76 bits per heavy atom. The summed E-state index contributed by atoms with van der Waals surface area (Å²) in [6, 6.07) is 14.4. The van der Waals surface area contributed by atoms with Gasteiger partial charge in [0.25, 0.3) is 0 Å². The molecule has 0 aromatic carbocycles. The van der Waals surface area contributed by atoms with Gasteiger partial charge in [-0.1, -0.05) is 6.07 Å². The van der Waals surface area contributed by atoms with Crippen LogP contribution >= 0.6 is 0 Å². The summed E-state index contributed by atoms with van der Waals surface area (Å²) < 4.78 is 1.91. The summed E-state index contributed by atoms with van der Waals surface area (Å²) in [7, 11) is 0. The van der Waals surface area contributed by atoms with E-state index < -0.39 is 0 Å². The average molecular weight is 384 g/mol. The minimum atomic E-state index is 0.359.